The van der Waals surface area contributed by atoms with Gasteiger partial charge in [-0.3, -0.25) is 0 Å². The Morgan fingerprint density at radius 2 is 2.05 bits per heavy atom. The maximum atomic E-state index is 13.5. The van der Waals surface area contributed by atoms with Crippen LogP contribution in [0.2, 0.25) is 0 Å². The van der Waals surface area contributed by atoms with Gasteiger partial charge in [0.2, 0.25) is 0 Å². The third-order valence-electron chi connectivity index (χ3n) is 3.12. The van der Waals surface area contributed by atoms with Crippen molar-refractivity contribution >= 4 is 0 Å². The van der Waals surface area contributed by atoms with Gasteiger partial charge in [0.05, 0.1) is 0 Å². The number of nitrogens with zero attached hydrogens (tertiary/aromatic N) is 2. The van der Waals surface area contributed by atoms with Crippen LogP contribution in [0.15, 0.2) is 30.5 Å². The first-order chi connectivity index (χ1) is 10.2. The lowest BCUT2D eigenvalue weighted by molar-refractivity contribution is 0.274. The van der Waals surface area contributed by atoms with E-state index in [0.29, 0.717) is 5.56 Å². The molecule has 0 atom stereocenters. The Morgan fingerprint density at radius 3 is 2.76 bits per heavy atom. The van der Waals surface area contributed by atoms with Crippen molar-refractivity contribution in [3.63, 3.8) is 0 Å². The molecular weight excluding hydrogens is 269 g/mol. The molecule has 1 aromatic heterocycles. The first kappa shape index (κ1) is 15.4. The minimum atomic E-state index is -0.283. The molecule has 0 aliphatic heterocycles. The van der Waals surface area contributed by atoms with Gasteiger partial charge < -0.3 is 10.1 Å². The zero-order valence-corrected chi connectivity index (χ0v) is 12.4. The van der Waals surface area contributed by atoms with Crippen molar-refractivity contribution in [3.8, 4) is 6.01 Å². The van der Waals surface area contributed by atoms with Gasteiger partial charge in [-0.05, 0) is 26.0 Å². The van der Waals surface area contributed by atoms with Crippen molar-refractivity contribution in [3.05, 3.63) is 53.1 Å². The average molecular weight is 289 g/mol. The molecule has 0 saturated heterocycles. The number of ether oxygens (including phenoxy) is 1. The molecule has 2 aromatic rings. The number of benzene rings is 1. The van der Waals surface area contributed by atoms with Gasteiger partial charge in [0, 0.05) is 29.6 Å². The molecule has 112 valence electrons. The summed E-state index contributed by atoms with van der Waals surface area (Å²) in [6.07, 6.45) is 2.84. The fourth-order valence-electron chi connectivity index (χ4n) is 1.87. The summed E-state index contributed by atoms with van der Waals surface area (Å²) in [5, 5.41) is 3.31. The molecule has 0 bridgehead atoms. The van der Waals surface area contributed by atoms with E-state index in [4.69, 9.17) is 4.74 Å². The van der Waals surface area contributed by atoms with Crippen LogP contribution in [0.1, 0.15) is 30.2 Å². The molecule has 0 spiro atoms. The largest absolute Gasteiger partial charge is 0.458 e. The number of aryl methyl sites for hydroxylation is 1. The van der Waals surface area contributed by atoms with Gasteiger partial charge in [0.15, 0.2) is 0 Å². The van der Waals surface area contributed by atoms with Crippen LogP contribution in [0.5, 0.6) is 6.01 Å². The van der Waals surface area contributed by atoms with Gasteiger partial charge in [-0.25, -0.2) is 14.4 Å². The highest BCUT2D eigenvalue weighted by molar-refractivity contribution is 5.19. The van der Waals surface area contributed by atoms with Gasteiger partial charge in [0.25, 0.3) is 0 Å². The molecule has 0 fully saturated rings. The Labute approximate surface area is 124 Å². The fraction of sp³-hybridized carbons (Fsp3) is 0.375. The molecule has 2 rings (SSSR count). The van der Waals surface area contributed by atoms with E-state index in [9.17, 15) is 4.39 Å². The maximum Gasteiger partial charge on any atom is 0.316 e. The van der Waals surface area contributed by atoms with Gasteiger partial charge in [-0.15, -0.1) is 0 Å². The van der Waals surface area contributed by atoms with E-state index in [2.05, 4.69) is 22.2 Å². The fourth-order valence-corrected chi connectivity index (χ4v) is 1.87. The summed E-state index contributed by atoms with van der Waals surface area (Å²) in [4.78, 5) is 8.47. The van der Waals surface area contributed by atoms with Gasteiger partial charge in [-0.2, -0.15) is 0 Å². The topological polar surface area (TPSA) is 47.0 Å². The quantitative estimate of drug-likeness (QED) is 0.796. The van der Waals surface area contributed by atoms with Gasteiger partial charge in [-0.1, -0.05) is 25.1 Å². The van der Waals surface area contributed by atoms with E-state index in [1.54, 1.807) is 24.4 Å². The summed E-state index contributed by atoms with van der Waals surface area (Å²) < 4.78 is 18.9. The van der Waals surface area contributed by atoms with Crippen molar-refractivity contribution in [1.82, 2.24) is 15.3 Å². The summed E-state index contributed by atoms with van der Waals surface area (Å²) in [7, 11) is 0. The SMILES string of the molecule is CCCNCc1cnc(OCc2ccccc2F)nc1C. The van der Waals surface area contributed by atoms with Crippen molar-refractivity contribution in [2.45, 2.75) is 33.4 Å². The van der Waals surface area contributed by atoms with Crippen LogP contribution in [-0.4, -0.2) is 16.5 Å². The zero-order valence-electron chi connectivity index (χ0n) is 12.4. The lowest BCUT2D eigenvalue weighted by Crippen LogP contribution is -2.15. The normalized spacial score (nSPS) is 10.6. The highest BCUT2D eigenvalue weighted by atomic mass is 19.1. The first-order valence-electron chi connectivity index (χ1n) is 7.10. The molecule has 1 heterocycles. The predicted molar refractivity (Wildman–Crippen MR) is 79.5 cm³/mol. The lowest BCUT2D eigenvalue weighted by Gasteiger charge is -2.09. The molecule has 1 N–H and O–H groups in total. The molecule has 0 aliphatic carbocycles. The van der Waals surface area contributed by atoms with Crippen molar-refractivity contribution < 1.29 is 9.13 Å². The Morgan fingerprint density at radius 1 is 1.24 bits per heavy atom. The minimum Gasteiger partial charge on any atom is -0.458 e. The molecule has 0 aliphatic rings. The molecule has 0 saturated carbocycles. The zero-order chi connectivity index (χ0) is 15.1. The summed E-state index contributed by atoms with van der Waals surface area (Å²) in [6, 6.07) is 6.79. The number of nitrogens with one attached hydrogen (secondary N) is 1. The predicted octanol–water partition coefficient (Wildman–Crippen LogP) is 3.00. The summed E-state index contributed by atoms with van der Waals surface area (Å²) >= 11 is 0. The van der Waals surface area contributed by atoms with E-state index in [1.165, 1.54) is 6.07 Å². The molecular formula is C16H20FN3O. The molecule has 4 nitrogen and oxygen atoms in total. The Balaban J connectivity index is 1.95. The third-order valence-corrected chi connectivity index (χ3v) is 3.12. The summed E-state index contributed by atoms with van der Waals surface area (Å²) in [5.41, 5.74) is 2.41. The Hall–Kier alpha value is -2.01. The van der Waals surface area contributed by atoms with E-state index in [-0.39, 0.29) is 18.4 Å². The van der Waals surface area contributed by atoms with E-state index in [1.807, 2.05) is 6.92 Å². The minimum absolute atomic E-state index is 0.125. The van der Waals surface area contributed by atoms with Crippen molar-refractivity contribution in [2.75, 3.05) is 6.54 Å². The highest BCUT2D eigenvalue weighted by Gasteiger charge is 2.06. The van der Waals surface area contributed by atoms with Crippen molar-refractivity contribution in [2.24, 2.45) is 0 Å². The second kappa shape index (κ2) is 7.69. The van der Waals surface area contributed by atoms with Crippen LogP contribution in [0.4, 0.5) is 4.39 Å². The third kappa shape index (κ3) is 4.49. The Kier molecular flexibility index (Phi) is 5.63. The molecule has 0 amide bonds. The first-order valence-corrected chi connectivity index (χ1v) is 7.10. The number of hydrogen-bond acceptors (Lipinski definition) is 4. The number of rotatable bonds is 7. The summed E-state index contributed by atoms with van der Waals surface area (Å²) in [5.74, 6) is -0.283. The summed E-state index contributed by atoms with van der Waals surface area (Å²) in [6.45, 7) is 5.87. The van der Waals surface area contributed by atoms with Crippen LogP contribution in [0.3, 0.4) is 0 Å². The Bertz CT molecular complexity index is 589. The number of hydrogen-bond donors (Lipinski definition) is 1. The van der Waals surface area contributed by atoms with Crippen LogP contribution in [0, 0.1) is 12.7 Å². The lowest BCUT2D eigenvalue weighted by atomic mass is 10.2. The maximum absolute atomic E-state index is 13.5. The smallest absolute Gasteiger partial charge is 0.316 e. The molecule has 0 radical (unpaired) electrons. The van der Waals surface area contributed by atoms with E-state index in [0.717, 1.165) is 30.8 Å². The second-order valence-electron chi connectivity index (χ2n) is 4.82. The van der Waals surface area contributed by atoms with Gasteiger partial charge >= 0.3 is 6.01 Å². The molecule has 21 heavy (non-hydrogen) atoms. The molecule has 5 heteroatoms. The monoisotopic (exact) mass is 289 g/mol. The van der Waals surface area contributed by atoms with Crippen LogP contribution < -0.4 is 10.1 Å². The second-order valence-corrected chi connectivity index (χ2v) is 4.82. The number of aromatic nitrogens is 2. The van der Waals surface area contributed by atoms with Crippen LogP contribution in [-0.2, 0) is 13.2 Å². The van der Waals surface area contributed by atoms with Crippen LogP contribution in [0.25, 0.3) is 0 Å². The highest BCUT2D eigenvalue weighted by Crippen LogP contribution is 2.12. The molecule has 1 aromatic carbocycles. The van der Waals surface area contributed by atoms with Gasteiger partial charge in [0.1, 0.15) is 12.4 Å². The van der Waals surface area contributed by atoms with E-state index < -0.39 is 0 Å². The van der Waals surface area contributed by atoms with Crippen molar-refractivity contribution in [1.29, 1.82) is 0 Å². The molecule has 0 unspecified atom stereocenters. The van der Waals surface area contributed by atoms with Crippen LogP contribution >= 0.6 is 0 Å². The van der Waals surface area contributed by atoms with E-state index >= 15 is 0 Å². The average Bonchev–Trinajstić information content (AvgIpc) is 2.49. The standard InChI is InChI=1S/C16H20FN3O/c1-3-8-18-9-14-10-19-16(20-12(14)2)21-11-13-6-4-5-7-15(13)17/h4-7,10,18H,3,8-9,11H2,1-2H3. The number of halogens is 1.